The number of aliphatic hydroxyl groups is 1. The Morgan fingerprint density at radius 3 is 2.62 bits per heavy atom. The maximum Gasteiger partial charge on any atom is 0.0772 e. The van der Waals surface area contributed by atoms with Crippen LogP contribution in [0.2, 0.25) is 0 Å². The third-order valence-electron chi connectivity index (χ3n) is 2.92. The normalized spacial score (nSPS) is 18.6. The third-order valence-corrected chi connectivity index (χ3v) is 3.60. The van der Waals surface area contributed by atoms with Gasteiger partial charge in [-0.15, -0.1) is 0 Å². The van der Waals surface area contributed by atoms with Gasteiger partial charge in [-0.3, -0.25) is 0 Å². The number of hydrogen-bond donors (Lipinski definition) is 2. The van der Waals surface area contributed by atoms with Crippen LogP contribution in [0, 0.1) is 0 Å². The monoisotopic (exact) mass is 284 g/mol. The Labute approximate surface area is 105 Å². The molecule has 1 aromatic carbocycles. The first-order valence-electron chi connectivity index (χ1n) is 5.61. The Kier molecular flexibility index (Phi) is 3.84. The van der Waals surface area contributed by atoms with Crippen LogP contribution in [-0.4, -0.2) is 31.3 Å². The van der Waals surface area contributed by atoms with Crippen molar-refractivity contribution >= 4 is 21.6 Å². The maximum absolute atomic E-state index is 9.55. The van der Waals surface area contributed by atoms with Crippen LogP contribution in [0.25, 0.3) is 0 Å². The second-order valence-electron chi connectivity index (χ2n) is 4.12. The molecule has 1 atom stereocenters. The molecule has 0 spiro atoms. The van der Waals surface area contributed by atoms with E-state index in [4.69, 9.17) is 0 Å². The lowest BCUT2D eigenvalue weighted by molar-refractivity contribution is 0.198. The summed E-state index contributed by atoms with van der Waals surface area (Å²) < 4.78 is 0.985. The van der Waals surface area contributed by atoms with E-state index in [1.54, 1.807) is 6.92 Å². The van der Waals surface area contributed by atoms with Gasteiger partial charge < -0.3 is 15.3 Å². The first kappa shape index (κ1) is 11.9. The second kappa shape index (κ2) is 5.17. The fourth-order valence-electron chi connectivity index (χ4n) is 1.97. The van der Waals surface area contributed by atoms with Crippen LogP contribution in [0.4, 0.5) is 5.69 Å². The predicted molar refractivity (Wildman–Crippen MR) is 69.9 cm³/mol. The molecule has 0 amide bonds. The van der Waals surface area contributed by atoms with E-state index < -0.39 is 6.10 Å². The molecule has 3 nitrogen and oxygen atoms in total. The fraction of sp³-hybridized carbons (Fsp3) is 0.500. The molecular formula is C12H17BrN2O. The number of halogens is 1. The summed E-state index contributed by atoms with van der Waals surface area (Å²) in [4.78, 5) is 2.35. The molecule has 0 bridgehead atoms. The molecule has 1 saturated heterocycles. The quantitative estimate of drug-likeness (QED) is 0.871. The fourth-order valence-corrected chi connectivity index (χ4v) is 2.67. The van der Waals surface area contributed by atoms with Crippen molar-refractivity contribution < 1.29 is 5.11 Å². The van der Waals surface area contributed by atoms with Crippen LogP contribution in [0.3, 0.4) is 0 Å². The highest BCUT2D eigenvalue weighted by Gasteiger charge is 2.13. The van der Waals surface area contributed by atoms with Crippen molar-refractivity contribution in [1.82, 2.24) is 5.32 Å². The van der Waals surface area contributed by atoms with Gasteiger partial charge in [0, 0.05) is 36.3 Å². The smallest absolute Gasteiger partial charge is 0.0772 e. The Morgan fingerprint density at radius 1 is 1.38 bits per heavy atom. The molecule has 0 unspecified atom stereocenters. The average molecular weight is 285 g/mol. The standard InChI is InChI=1S/C12H17BrN2O/c1-9(16)11-3-2-10(8-12(11)13)15-6-4-14-5-7-15/h2-3,8-9,14,16H,4-7H2,1H3/t9-/m0/s1. The van der Waals surface area contributed by atoms with E-state index in [9.17, 15) is 5.11 Å². The van der Waals surface area contributed by atoms with E-state index in [1.165, 1.54) is 5.69 Å². The number of aliphatic hydroxyl groups excluding tert-OH is 1. The van der Waals surface area contributed by atoms with Crippen molar-refractivity contribution in [3.8, 4) is 0 Å². The molecular weight excluding hydrogens is 268 g/mol. The summed E-state index contributed by atoms with van der Waals surface area (Å²) in [6.07, 6.45) is -0.425. The van der Waals surface area contributed by atoms with E-state index in [0.717, 1.165) is 36.2 Å². The van der Waals surface area contributed by atoms with E-state index >= 15 is 0 Å². The molecule has 0 saturated carbocycles. The Balaban J connectivity index is 2.19. The molecule has 4 heteroatoms. The molecule has 88 valence electrons. The number of piperazine rings is 1. The number of nitrogens with zero attached hydrogens (tertiary/aromatic N) is 1. The molecule has 1 aromatic rings. The minimum atomic E-state index is -0.425. The zero-order valence-electron chi connectivity index (χ0n) is 9.41. The Hall–Kier alpha value is -0.580. The number of hydrogen-bond acceptors (Lipinski definition) is 3. The van der Waals surface area contributed by atoms with E-state index in [1.807, 2.05) is 6.07 Å². The van der Waals surface area contributed by atoms with Crippen LogP contribution >= 0.6 is 15.9 Å². The molecule has 1 aliphatic heterocycles. The molecule has 0 aromatic heterocycles. The van der Waals surface area contributed by atoms with Crippen molar-refractivity contribution in [3.05, 3.63) is 28.2 Å². The van der Waals surface area contributed by atoms with Crippen molar-refractivity contribution in [2.24, 2.45) is 0 Å². The lowest BCUT2D eigenvalue weighted by Gasteiger charge is -2.30. The van der Waals surface area contributed by atoms with Gasteiger partial charge in [0.2, 0.25) is 0 Å². The van der Waals surface area contributed by atoms with Crippen LogP contribution in [0.15, 0.2) is 22.7 Å². The largest absolute Gasteiger partial charge is 0.389 e. The van der Waals surface area contributed by atoms with Gasteiger partial charge in [-0.25, -0.2) is 0 Å². The predicted octanol–water partition coefficient (Wildman–Crippen LogP) is 1.91. The number of rotatable bonds is 2. The van der Waals surface area contributed by atoms with Gasteiger partial charge in [-0.2, -0.15) is 0 Å². The zero-order chi connectivity index (χ0) is 11.5. The van der Waals surface area contributed by atoms with Crippen LogP contribution in [-0.2, 0) is 0 Å². The lowest BCUT2D eigenvalue weighted by atomic mass is 10.1. The van der Waals surface area contributed by atoms with Crippen molar-refractivity contribution in [2.75, 3.05) is 31.1 Å². The average Bonchev–Trinajstić information content (AvgIpc) is 2.29. The molecule has 0 aliphatic carbocycles. The van der Waals surface area contributed by atoms with Crippen LogP contribution in [0.1, 0.15) is 18.6 Å². The maximum atomic E-state index is 9.55. The summed E-state index contributed by atoms with van der Waals surface area (Å²) >= 11 is 3.51. The highest BCUT2D eigenvalue weighted by Crippen LogP contribution is 2.28. The molecule has 1 aliphatic rings. The van der Waals surface area contributed by atoms with Gasteiger partial charge in [-0.1, -0.05) is 22.0 Å². The first-order valence-corrected chi connectivity index (χ1v) is 6.41. The second-order valence-corrected chi connectivity index (χ2v) is 4.97. The van der Waals surface area contributed by atoms with Crippen molar-refractivity contribution in [3.63, 3.8) is 0 Å². The minimum Gasteiger partial charge on any atom is -0.389 e. The SMILES string of the molecule is C[C@H](O)c1ccc(N2CCNCC2)cc1Br. The molecule has 2 N–H and O–H groups in total. The van der Waals surface area contributed by atoms with Gasteiger partial charge in [-0.05, 0) is 24.6 Å². The Bertz CT molecular complexity index is 362. The summed E-state index contributed by atoms with van der Waals surface area (Å²) in [6.45, 7) is 5.94. The molecule has 2 rings (SSSR count). The summed E-state index contributed by atoms with van der Waals surface area (Å²) in [5.74, 6) is 0. The van der Waals surface area contributed by atoms with Crippen molar-refractivity contribution in [2.45, 2.75) is 13.0 Å². The van der Waals surface area contributed by atoms with Crippen LogP contribution in [0.5, 0.6) is 0 Å². The Morgan fingerprint density at radius 2 is 2.06 bits per heavy atom. The summed E-state index contributed by atoms with van der Waals surface area (Å²) in [6, 6.07) is 6.16. The zero-order valence-corrected chi connectivity index (χ0v) is 11.0. The lowest BCUT2D eigenvalue weighted by Crippen LogP contribution is -2.43. The number of anilines is 1. The summed E-state index contributed by atoms with van der Waals surface area (Å²) in [5, 5.41) is 12.9. The van der Waals surface area contributed by atoms with Crippen molar-refractivity contribution in [1.29, 1.82) is 0 Å². The first-order chi connectivity index (χ1) is 7.68. The molecule has 0 radical (unpaired) electrons. The van der Waals surface area contributed by atoms with Crippen LogP contribution < -0.4 is 10.2 Å². The van der Waals surface area contributed by atoms with Gasteiger partial charge in [0.05, 0.1) is 6.10 Å². The van der Waals surface area contributed by atoms with Gasteiger partial charge in [0.1, 0.15) is 0 Å². The van der Waals surface area contributed by atoms with E-state index in [0.29, 0.717) is 0 Å². The van der Waals surface area contributed by atoms with E-state index in [-0.39, 0.29) is 0 Å². The summed E-state index contributed by atoms with van der Waals surface area (Å²) in [5.41, 5.74) is 2.16. The number of benzene rings is 1. The van der Waals surface area contributed by atoms with Gasteiger partial charge in [0.15, 0.2) is 0 Å². The number of nitrogens with one attached hydrogen (secondary N) is 1. The molecule has 1 heterocycles. The van der Waals surface area contributed by atoms with Gasteiger partial charge >= 0.3 is 0 Å². The highest BCUT2D eigenvalue weighted by molar-refractivity contribution is 9.10. The summed E-state index contributed by atoms with van der Waals surface area (Å²) in [7, 11) is 0. The van der Waals surface area contributed by atoms with Gasteiger partial charge in [0.25, 0.3) is 0 Å². The third kappa shape index (κ3) is 2.56. The van der Waals surface area contributed by atoms with E-state index in [2.05, 4.69) is 38.3 Å². The highest BCUT2D eigenvalue weighted by atomic mass is 79.9. The minimum absolute atomic E-state index is 0.425. The topological polar surface area (TPSA) is 35.5 Å². The molecule has 1 fully saturated rings. The molecule has 16 heavy (non-hydrogen) atoms.